The van der Waals surface area contributed by atoms with Gasteiger partial charge in [-0.25, -0.2) is 0 Å². The van der Waals surface area contributed by atoms with E-state index in [1.807, 2.05) is 20.8 Å². The van der Waals surface area contributed by atoms with E-state index < -0.39 is 8.80 Å². The molecule has 0 aromatic carbocycles. The third-order valence-electron chi connectivity index (χ3n) is 4.14. The summed E-state index contributed by atoms with van der Waals surface area (Å²) in [7, 11) is -2.40. The lowest BCUT2D eigenvalue weighted by Crippen LogP contribution is -2.45. The summed E-state index contributed by atoms with van der Waals surface area (Å²) in [5.41, 5.74) is 1.53. The molecular formula is C19H36O3Si. The van der Waals surface area contributed by atoms with Gasteiger partial charge in [0.25, 0.3) is 0 Å². The molecule has 0 N–H and O–H groups in total. The molecule has 4 heteroatoms. The fourth-order valence-electron chi connectivity index (χ4n) is 3.07. The second kappa shape index (κ2) is 12.9. The molecule has 0 bridgehead atoms. The van der Waals surface area contributed by atoms with Gasteiger partial charge in [0.2, 0.25) is 0 Å². The molecule has 0 radical (unpaired) electrons. The van der Waals surface area contributed by atoms with Crippen molar-refractivity contribution in [2.45, 2.75) is 78.2 Å². The van der Waals surface area contributed by atoms with Gasteiger partial charge in [-0.05, 0) is 46.5 Å². The molecule has 0 saturated carbocycles. The summed E-state index contributed by atoms with van der Waals surface area (Å²) in [6, 6.07) is 0.959. The van der Waals surface area contributed by atoms with E-state index in [1.165, 1.54) is 44.1 Å². The van der Waals surface area contributed by atoms with Crippen LogP contribution in [-0.4, -0.2) is 28.6 Å². The van der Waals surface area contributed by atoms with Crippen molar-refractivity contribution in [1.82, 2.24) is 0 Å². The lowest BCUT2D eigenvalue weighted by molar-refractivity contribution is 0.0706. The minimum Gasteiger partial charge on any atom is -0.374 e. The Kier molecular flexibility index (Phi) is 11.6. The molecule has 0 amide bonds. The molecule has 0 unspecified atom stereocenters. The van der Waals surface area contributed by atoms with Crippen molar-refractivity contribution in [3.8, 4) is 0 Å². The molecule has 134 valence electrons. The van der Waals surface area contributed by atoms with E-state index in [-0.39, 0.29) is 0 Å². The molecule has 3 nitrogen and oxygen atoms in total. The van der Waals surface area contributed by atoms with Gasteiger partial charge in [-0.15, -0.1) is 0 Å². The zero-order valence-corrected chi connectivity index (χ0v) is 16.4. The second-order valence-electron chi connectivity index (χ2n) is 6.02. The molecule has 0 spiro atoms. The number of hydrogen-bond acceptors (Lipinski definition) is 3. The van der Waals surface area contributed by atoms with E-state index in [0.717, 1.165) is 18.9 Å². The summed E-state index contributed by atoms with van der Waals surface area (Å²) < 4.78 is 17.7. The van der Waals surface area contributed by atoms with E-state index in [9.17, 15) is 0 Å². The molecule has 0 heterocycles. The number of rotatable bonds is 15. The van der Waals surface area contributed by atoms with E-state index in [1.54, 1.807) is 0 Å². The van der Waals surface area contributed by atoms with Crippen LogP contribution in [0.3, 0.4) is 0 Å². The van der Waals surface area contributed by atoms with Gasteiger partial charge in [0.05, 0.1) is 0 Å². The standard InChI is InChI=1S/C19H36O3Si/c1-4-20-23(21-5-2,22-6-3)18-14-10-8-7-9-11-15-19-16-12-13-17-19/h12,16-17H,4-11,13-15,18H2,1-3H3. The molecule has 1 rings (SSSR count). The van der Waals surface area contributed by atoms with Gasteiger partial charge >= 0.3 is 8.80 Å². The van der Waals surface area contributed by atoms with E-state index in [0.29, 0.717) is 19.8 Å². The van der Waals surface area contributed by atoms with E-state index >= 15 is 0 Å². The van der Waals surface area contributed by atoms with Crippen molar-refractivity contribution in [3.63, 3.8) is 0 Å². The molecular weight excluding hydrogens is 304 g/mol. The van der Waals surface area contributed by atoms with E-state index in [2.05, 4.69) is 18.2 Å². The van der Waals surface area contributed by atoms with Crippen LogP contribution in [0.2, 0.25) is 6.04 Å². The highest BCUT2D eigenvalue weighted by Crippen LogP contribution is 2.21. The second-order valence-corrected chi connectivity index (χ2v) is 8.75. The third-order valence-corrected chi connectivity index (χ3v) is 7.29. The van der Waals surface area contributed by atoms with Crippen LogP contribution in [-0.2, 0) is 13.3 Å². The van der Waals surface area contributed by atoms with Crippen LogP contribution in [0.4, 0.5) is 0 Å². The minimum atomic E-state index is -2.40. The maximum atomic E-state index is 5.89. The first kappa shape index (κ1) is 20.6. The lowest BCUT2D eigenvalue weighted by Gasteiger charge is -2.28. The normalized spacial score (nSPS) is 14.5. The van der Waals surface area contributed by atoms with Crippen molar-refractivity contribution >= 4 is 8.80 Å². The topological polar surface area (TPSA) is 27.7 Å². The molecule has 0 saturated heterocycles. The van der Waals surface area contributed by atoms with Crippen molar-refractivity contribution in [2.24, 2.45) is 0 Å². The van der Waals surface area contributed by atoms with E-state index in [4.69, 9.17) is 13.3 Å². The molecule has 1 aliphatic rings. The number of hydrogen-bond donors (Lipinski definition) is 0. The smallest absolute Gasteiger partial charge is 0.374 e. The van der Waals surface area contributed by atoms with Crippen molar-refractivity contribution in [3.05, 3.63) is 23.8 Å². The predicted molar refractivity (Wildman–Crippen MR) is 99.6 cm³/mol. The Labute approximate surface area is 144 Å². The predicted octanol–water partition coefficient (Wildman–Crippen LogP) is 5.65. The highest BCUT2D eigenvalue weighted by Gasteiger charge is 2.39. The van der Waals surface area contributed by atoms with Gasteiger partial charge in [0.15, 0.2) is 0 Å². The quantitative estimate of drug-likeness (QED) is 0.285. The Balaban J connectivity index is 2.09. The third kappa shape index (κ3) is 8.84. The van der Waals surface area contributed by atoms with Crippen molar-refractivity contribution in [2.75, 3.05) is 19.8 Å². The van der Waals surface area contributed by atoms with Crippen LogP contribution in [0.5, 0.6) is 0 Å². The average molecular weight is 341 g/mol. The zero-order chi connectivity index (χ0) is 16.8. The molecule has 0 aromatic heterocycles. The first-order valence-electron chi connectivity index (χ1n) is 9.53. The summed E-state index contributed by atoms with van der Waals surface area (Å²) in [6.45, 7) is 8.10. The van der Waals surface area contributed by atoms with Crippen molar-refractivity contribution in [1.29, 1.82) is 0 Å². The van der Waals surface area contributed by atoms with Crippen LogP contribution in [0, 0.1) is 0 Å². The molecule has 23 heavy (non-hydrogen) atoms. The molecule has 0 aromatic rings. The Morgan fingerprint density at radius 2 is 1.39 bits per heavy atom. The fourth-order valence-corrected chi connectivity index (χ4v) is 5.76. The first-order valence-corrected chi connectivity index (χ1v) is 11.5. The Morgan fingerprint density at radius 3 is 1.91 bits per heavy atom. The Morgan fingerprint density at radius 1 is 0.826 bits per heavy atom. The highest BCUT2D eigenvalue weighted by atomic mass is 28.4. The highest BCUT2D eigenvalue weighted by molar-refractivity contribution is 6.60. The van der Waals surface area contributed by atoms with Crippen LogP contribution < -0.4 is 0 Å². The molecule has 0 fully saturated rings. The monoisotopic (exact) mass is 340 g/mol. The van der Waals surface area contributed by atoms with Gasteiger partial charge in [0.1, 0.15) is 0 Å². The lowest BCUT2D eigenvalue weighted by atomic mass is 10.1. The van der Waals surface area contributed by atoms with Crippen LogP contribution in [0.1, 0.15) is 72.1 Å². The van der Waals surface area contributed by atoms with Crippen LogP contribution in [0.25, 0.3) is 0 Å². The molecule has 0 atom stereocenters. The zero-order valence-electron chi connectivity index (χ0n) is 15.4. The molecule has 1 aliphatic carbocycles. The Hall–Kier alpha value is -0.423. The van der Waals surface area contributed by atoms with Gasteiger partial charge < -0.3 is 13.3 Å². The summed E-state index contributed by atoms with van der Waals surface area (Å²) >= 11 is 0. The van der Waals surface area contributed by atoms with Crippen molar-refractivity contribution < 1.29 is 13.3 Å². The Bertz CT molecular complexity index is 336. The SMILES string of the molecule is CCO[Si](CCCCCCCCC1=CCC=C1)(OCC)OCC. The van der Waals surface area contributed by atoms with Gasteiger partial charge in [-0.2, -0.15) is 0 Å². The largest absolute Gasteiger partial charge is 0.500 e. The first-order chi connectivity index (χ1) is 11.3. The summed E-state index contributed by atoms with van der Waals surface area (Å²) in [6.07, 6.45) is 17.0. The van der Waals surface area contributed by atoms with Crippen LogP contribution in [0.15, 0.2) is 23.8 Å². The van der Waals surface area contributed by atoms with Crippen LogP contribution >= 0.6 is 0 Å². The summed E-state index contributed by atoms with van der Waals surface area (Å²) in [5, 5.41) is 0. The number of allylic oxidation sites excluding steroid dienone is 4. The summed E-state index contributed by atoms with van der Waals surface area (Å²) in [5.74, 6) is 0. The molecule has 0 aliphatic heterocycles. The average Bonchev–Trinajstić information content (AvgIpc) is 3.04. The maximum absolute atomic E-state index is 5.89. The van der Waals surface area contributed by atoms with Gasteiger partial charge in [0, 0.05) is 25.9 Å². The maximum Gasteiger partial charge on any atom is 0.500 e. The summed E-state index contributed by atoms with van der Waals surface area (Å²) in [4.78, 5) is 0. The fraction of sp³-hybridized carbons (Fsp3) is 0.789. The van der Waals surface area contributed by atoms with Gasteiger partial charge in [-0.1, -0.05) is 49.5 Å². The number of unbranched alkanes of at least 4 members (excludes halogenated alkanes) is 5. The van der Waals surface area contributed by atoms with Gasteiger partial charge in [-0.3, -0.25) is 0 Å². The minimum absolute atomic E-state index is 0.677.